The van der Waals surface area contributed by atoms with E-state index in [1.165, 1.54) is 0 Å². The fourth-order valence-corrected chi connectivity index (χ4v) is 1.12. The average molecular weight is 150 g/mol. The molecule has 4 heteroatoms. The molecule has 1 aromatic heterocycles. The lowest BCUT2D eigenvalue weighted by atomic mass is 10.4. The van der Waals surface area contributed by atoms with E-state index < -0.39 is 0 Å². The summed E-state index contributed by atoms with van der Waals surface area (Å²) in [6, 6.07) is 0. The SMILES string of the molecule is Cc1c(Cl)s[nH]c1=O. The highest BCUT2D eigenvalue weighted by Gasteiger charge is 1.98. The first-order valence-electron chi connectivity index (χ1n) is 2.05. The van der Waals surface area contributed by atoms with Gasteiger partial charge in [0.2, 0.25) is 0 Å². The van der Waals surface area contributed by atoms with Gasteiger partial charge in [-0.2, -0.15) is 0 Å². The van der Waals surface area contributed by atoms with Crippen molar-refractivity contribution in [3.05, 3.63) is 20.3 Å². The lowest BCUT2D eigenvalue weighted by Crippen LogP contribution is -1.99. The minimum atomic E-state index is -0.0833. The van der Waals surface area contributed by atoms with Gasteiger partial charge in [-0.25, -0.2) is 0 Å². The van der Waals surface area contributed by atoms with Gasteiger partial charge in [-0.05, 0) is 18.5 Å². The molecule has 0 bridgehead atoms. The quantitative estimate of drug-likeness (QED) is 0.594. The number of nitrogens with one attached hydrogen (secondary N) is 1. The highest BCUT2D eigenvalue weighted by atomic mass is 35.5. The first-order chi connectivity index (χ1) is 3.72. The zero-order chi connectivity index (χ0) is 6.15. The molecule has 0 aromatic carbocycles. The molecule has 0 atom stereocenters. The molecule has 1 rings (SSSR count). The zero-order valence-electron chi connectivity index (χ0n) is 4.19. The minimum absolute atomic E-state index is 0.0833. The predicted octanol–water partition coefficient (Wildman–Crippen LogP) is 1.40. The van der Waals surface area contributed by atoms with Crippen molar-refractivity contribution in [2.45, 2.75) is 6.92 Å². The zero-order valence-corrected chi connectivity index (χ0v) is 5.77. The second-order valence-electron chi connectivity index (χ2n) is 1.43. The van der Waals surface area contributed by atoms with Crippen molar-refractivity contribution in [3.63, 3.8) is 0 Å². The van der Waals surface area contributed by atoms with Gasteiger partial charge in [0.05, 0.1) is 0 Å². The van der Waals surface area contributed by atoms with Crippen LogP contribution in [0.15, 0.2) is 4.79 Å². The monoisotopic (exact) mass is 149 g/mol. The fraction of sp³-hybridized carbons (Fsp3) is 0.250. The van der Waals surface area contributed by atoms with E-state index in [0.29, 0.717) is 9.90 Å². The Morgan fingerprint density at radius 2 is 2.38 bits per heavy atom. The van der Waals surface area contributed by atoms with Gasteiger partial charge in [0, 0.05) is 5.56 Å². The number of H-pyrrole nitrogens is 1. The summed E-state index contributed by atoms with van der Waals surface area (Å²) in [4.78, 5) is 10.5. The molecule has 0 aliphatic heterocycles. The molecule has 0 radical (unpaired) electrons. The molecular formula is C4H4ClNOS. The van der Waals surface area contributed by atoms with Crippen molar-refractivity contribution in [2.24, 2.45) is 0 Å². The van der Waals surface area contributed by atoms with Gasteiger partial charge >= 0.3 is 0 Å². The summed E-state index contributed by atoms with van der Waals surface area (Å²) >= 11 is 6.68. The maximum absolute atomic E-state index is 10.5. The number of rotatable bonds is 0. The van der Waals surface area contributed by atoms with E-state index in [-0.39, 0.29) is 5.56 Å². The number of hydrogen-bond acceptors (Lipinski definition) is 2. The molecule has 0 unspecified atom stereocenters. The minimum Gasteiger partial charge on any atom is -0.276 e. The molecular weight excluding hydrogens is 146 g/mol. The van der Waals surface area contributed by atoms with Crippen LogP contribution in [0.2, 0.25) is 4.34 Å². The Hall–Kier alpha value is -0.280. The maximum Gasteiger partial charge on any atom is 0.262 e. The van der Waals surface area contributed by atoms with Gasteiger partial charge in [0.1, 0.15) is 4.34 Å². The van der Waals surface area contributed by atoms with Crippen LogP contribution in [-0.4, -0.2) is 4.37 Å². The average Bonchev–Trinajstić information content (AvgIpc) is 1.98. The molecule has 2 nitrogen and oxygen atoms in total. The third kappa shape index (κ3) is 0.788. The molecule has 0 spiro atoms. The van der Waals surface area contributed by atoms with Crippen molar-refractivity contribution in [1.82, 2.24) is 4.37 Å². The van der Waals surface area contributed by atoms with Gasteiger partial charge in [0.25, 0.3) is 5.56 Å². The van der Waals surface area contributed by atoms with E-state index in [4.69, 9.17) is 11.6 Å². The highest BCUT2D eigenvalue weighted by Crippen LogP contribution is 2.13. The molecule has 0 saturated carbocycles. The van der Waals surface area contributed by atoms with Crippen LogP contribution in [0.25, 0.3) is 0 Å². The molecule has 0 aliphatic carbocycles. The van der Waals surface area contributed by atoms with Crippen molar-refractivity contribution in [3.8, 4) is 0 Å². The van der Waals surface area contributed by atoms with Crippen LogP contribution in [-0.2, 0) is 0 Å². The Balaban J connectivity index is 3.41. The molecule has 8 heavy (non-hydrogen) atoms. The van der Waals surface area contributed by atoms with E-state index in [1.54, 1.807) is 6.92 Å². The Bertz CT molecular complexity index is 238. The molecule has 0 amide bonds. The van der Waals surface area contributed by atoms with Crippen LogP contribution in [0.4, 0.5) is 0 Å². The fourth-order valence-electron chi connectivity index (χ4n) is 0.334. The van der Waals surface area contributed by atoms with Gasteiger partial charge in [0.15, 0.2) is 0 Å². The smallest absolute Gasteiger partial charge is 0.262 e. The number of aromatic amines is 1. The van der Waals surface area contributed by atoms with Crippen molar-refractivity contribution in [2.75, 3.05) is 0 Å². The van der Waals surface area contributed by atoms with Gasteiger partial charge in [-0.15, -0.1) is 0 Å². The molecule has 1 aromatic rings. The largest absolute Gasteiger partial charge is 0.276 e. The van der Waals surface area contributed by atoms with Gasteiger partial charge in [-0.3, -0.25) is 9.17 Å². The summed E-state index contributed by atoms with van der Waals surface area (Å²) in [5.74, 6) is 0. The first-order valence-corrected chi connectivity index (χ1v) is 3.25. The van der Waals surface area contributed by atoms with E-state index >= 15 is 0 Å². The molecule has 0 saturated heterocycles. The maximum atomic E-state index is 10.5. The number of halogens is 1. The van der Waals surface area contributed by atoms with E-state index in [2.05, 4.69) is 4.37 Å². The Morgan fingerprint density at radius 1 is 1.75 bits per heavy atom. The topological polar surface area (TPSA) is 32.9 Å². The van der Waals surface area contributed by atoms with Crippen LogP contribution in [0.5, 0.6) is 0 Å². The standard InChI is InChI=1S/C4H4ClNOS/c1-2-3(5)8-6-4(2)7/h1H3,(H,6,7). The van der Waals surface area contributed by atoms with Crippen molar-refractivity contribution >= 4 is 23.1 Å². The highest BCUT2D eigenvalue weighted by molar-refractivity contribution is 7.10. The van der Waals surface area contributed by atoms with Crippen LogP contribution >= 0.6 is 23.1 Å². The molecule has 1 heterocycles. The van der Waals surface area contributed by atoms with Crippen molar-refractivity contribution in [1.29, 1.82) is 0 Å². The third-order valence-corrected chi connectivity index (χ3v) is 2.16. The van der Waals surface area contributed by atoms with E-state index in [1.807, 2.05) is 0 Å². The normalized spacial score (nSPS) is 9.75. The summed E-state index contributed by atoms with van der Waals surface area (Å²) in [6.07, 6.45) is 0. The third-order valence-electron chi connectivity index (χ3n) is 0.869. The summed E-state index contributed by atoms with van der Waals surface area (Å²) in [5, 5.41) is 0. The lowest BCUT2D eigenvalue weighted by molar-refractivity contribution is 1.34. The summed E-state index contributed by atoms with van der Waals surface area (Å²) in [7, 11) is 0. The van der Waals surface area contributed by atoms with Crippen molar-refractivity contribution < 1.29 is 0 Å². The van der Waals surface area contributed by atoms with Gasteiger partial charge < -0.3 is 0 Å². The summed E-state index contributed by atoms with van der Waals surface area (Å²) in [5.41, 5.74) is 0.525. The number of aromatic nitrogens is 1. The number of hydrogen-bond donors (Lipinski definition) is 1. The molecule has 44 valence electrons. The van der Waals surface area contributed by atoms with Crippen LogP contribution in [0.3, 0.4) is 0 Å². The molecule has 0 aliphatic rings. The van der Waals surface area contributed by atoms with Crippen LogP contribution < -0.4 is 5.56 Å². The van der Waals surface area contributed by atoms with Crippen LogP contribution in [0, 0.1) is 6.92 Å². The Kier molecular flexibility index (Phi) is 1.40. The first kappa shape index (κ1) is 5.85. The molecule has 1 N–H and O–H groups in total. The summed E-state index contributed by atoms with van der Waals surface area (Å²) < 4.78 is 3.04. The lowest BCUT2D eigenvalue weighted by Gasteiger charge is -1.73. The second kappa shape index (κ2) is 1.91. The van der Waals surface area contributed by atoms with E-state index in [9.17, 15) is 4.79 Å². The molecule has 0 fully saturated rings. The second-order valence-corrected chi connectivity index (χ2v) is 2.85. The summed E-state index contributed by atoms with van der Waals surface area (Å²) in [6.45, 7) is 1.69. The van der Waals surface area contributed by atoms with Gasteiger partial charge in [-0.1, -0.05) is 11.6 Å². The predicted molar refractivity (Wildman–Crippen MR) is 34.7 cm³/mol. The Labute approximate surface area is 55.3 Å². The van der Waals surface area contributed by atoms with Crippen LogP contribution in [0.1, 0.15) is 5.56 Å². The Morgan fingerprint density at radius 3 is 2.50 bits per heavy atom. The van der Waals surface area contributed by atoms with E-state index in [0.717, 1.165) is 11.5 Å².